The monoisotopic (exact) mass is 232 g/mol. The third-order valence-electron chi connectivity index (χ3n) is 3.07. The van der Waals surface area contributed by atoms with Gasteiger partial charge in [-0.3, -0.25) is 0 Å². The summed E-state index contributed by atoms with van der Waals surface area (Å²) < 4.78 is 10.7. The maximum absolute atomic E-state index is 5.53. The average Bonchev–Trinajstić information content (AvgIpc) is 2.88. The van der Waals surface area contributed by atoms with Crippen molar-refractivity contribution in [2.45, 2.75) is 31.8 Å². The van der Waals surface area contributed by atoms with Crippen molar-refractivity contribution in [3.63, 3.8) is 0 Å². The first-order valence-corrected chi connectivity index (χ1v) is 6.29. The molecule has 0 radical (unpaired) electrons. The summed E-state index contributed by atoms with van der Waals surface area (Å²) in [6, 6.07) is 8.27. The highest BCUT2D eigenvalue weighted by Crippen LogP contribution is 2.15. The lowest BCUT2D eigenvalue weighted by molar-refractivity contribution is 0.145. The van der Waals surface area contributed by atoms with Crippen LogP contribution in [0.1, 0.15) is 24.8 Å². The van der Waals surface area contributed by atoms with Gasteiger partial charge in [-0.25, -0.2) is 0 Å². The molecule has 1 fully saturated rings. The molecule has 0 saturated carbocycles. The van der Waals surface area contributed by atoms with Crippen molar-refractivity contribution in [1.29, 1.82) is 0 Å². The van der Waals surface area contributed by atoms with Crippen LogP contribution >= 0.6 is 0 Å². The smallest absolute Gasteiger partial charge is 0.118 e. The molecule has 17 heavy (non-hydrogen) atoms. The molecule has 0 aliphatic carbocycles. The highest BCUT2D eigenvalue weighted by Gasteiger charge is 2.10. The summed E-state index contributed by atoms with van der Waals surface area (Å²) in [5, 5.41) is 0. The van der Waals surface area contributed by atoms with Gasteiger partial charge in [0.25, 0.3) is 0 Å². The number of ether oxygens (including phenoxy) is 2. The van der Waals surface area contributed by atoms with E-state index in [1.54, 1.807) is 7.11 Å². The highest BCUT2D eigenvalue weighted by molar-refractivity contribution is 5.27. The van der Waals surface area contributed by atoms with Crippen molar-refractivity contribution in [2.24, 2.45) is 0 Å². The second kappa shape index (κ2) is 6.45. The molecule has 0 aromatic heterocycles. The largest absolute Gasteiger partial charge is 0.497 e. The topological polar surface area (TPSA) is 18.5 Å². The predicted molar refractivity (Wildman–Crippen MR) is 69.4 cm³/mol. The molecule has 2 nitrogen and oxygen atoms in total. The van der Waals surface area contributed by atoms with E-state index in [9.17, 15) is 0 Å². The van der Waals surface area contributed by atoms with Gasteiger partial charge in [-0.1, -0.05) is 24.3 Å². The van der Waals surface area contributed by atoms with Crippen molar-refractivity contribution in [2.75, 3.05) is 13.7 Å². The molecule has 1 aliphatic heterocycles. The first kappa shape index (κ1) is 12.2. The van der Waals surface area contributed by atoms with Crippen LogP contribution in [0.25, 0.3) is 0 Å². The Morgan fingerprint density at radius 3 is 2.82 bits per heavy atom. The summed E-state index contributed by atoms with van der Waals surface area (Å²) in [7, 11) is 1.69. The summed E-state index contributed by atoms with van der Waals surface area (Å²) in [5.41, 5.74) is 1.35. The van der Waals surface area contributed by atoms with Gasteiger partial charge < -0.3 is 9.47 Å². The molecular formula is C15H20O2. The molecule has 0 amide bonds. The van der Waals surface area contributed by atoms with Gasteiger partial charge in [0.1, 0.15) is 5.75 Å². The van der Waals surface area contributed by atoms with Gasteiger partial charge in [0.15, 0.2) is 0 Å². The third-order valence-corrected chi connectivity index (χ3v) is 3.07. The van der Waals surface area contributed by atoms with E-state index < -0.39 is 0 Å². The molecule has 1 aliphatic rings. The Balaban J connectivity index is 1.73. The van der Waals surface area contributed by atoms with E-state index in [1.807, 2.05) is 12.1 Å². The molecular weight excluding hydrogens is 212 g/mol. The van der Waals surface area contributed by atoms with Gasteiger partial charge in [-0.05, 0) is 43.4 Å². The number of benzene rings is 1. The standard InChI is InChI=1S/C15H20O2/c1-16-14-10-8-13(9-11-14)5-2-3-6-15-7-4-12-17-15/h3,6,8-11,15H,2,4-5,7,12H2,1H3/b6-3+. The number of allylic oxidation sites excluding steroid dienone is 1. The Bertz CT molecular complexity index is 348. The number of hydrogen-bond acceptors (Lipinski definition) is 2. The Kier molecular flexibility index (Phi) is 4.63. The van der Waals surface area contributed by atoms with Crippen molar-refractivity contribution < 1.29 is 9.47 Å². The molecule has 1 atom stereocenters. The van der Waals surface area contributed by atoms with Crippen LogP contribution < -0.4 is 4.74 Å². The zero-order chi connectivity index (χ0) is 11.9. The molecule has 0 bridgehead atoms. The predicted octanol–water partition coefficient (Wildman–Crippen LogP) is 3.36. The molecule has 1 saturated heterocycles. The van der Waals surface area contributed by atoms with Crippen LogP contribution in [0, 0.1) is 0 Å². The quantitative estimate of drug-likeness (QED) is 0.725. The Morgan fingerprint density at radius 2 is 2.18 bits per heavy atom. The minimum Gasteiger partial charge on any atom is -0.497 e. The van der Waals surface area contributed by atoms with Gasteiger partial charge in [0.2, 0.25) is 0 Å². The minimum atomic E-state index is 0.367. The Labute approximate surface area is 103 Å². The van der Waals surface area contributed by atoms with Gasteiger partial charge in [-0.15, -0.1) is 0 Å². The van der Waals surface area contributed by atoms with Crippen LogP contribution in [0.3, 0.4) is 0 Å². The summed E-state index contributed by atoms with van der Waals surface area (Å²) in [4.78, 5) is 0. The summed E-state index contributed by atoms with van der Waals surface area (Å²) in [5.74, 6) is 0.920. The van der Waals surface area contributed by atoms with E-state index in [2.05, 4.69) is 24.3 Å². The van der Waals surface area contributed by atoms with Gasteiger partial charge in [-0.2, -0.15) is 0 Å². The van der Waals surface area contributed by atoms with Gasteiger partial charge in [0.05, 0.1) is 13.2 Å². The number of hydrogen-bond donors (Lipinski definition) is 0. The minimum absolute atomic E-state index is 0.367. The van der Waals surface area contributed by atoms with Crippen molar-refractivity contribution >= 4 is 0 Å². The van der Waals surface area contributed by atoms with E-state index >= 15 is 0 Å². The summed E-state index contributed by atoms with van der Waals surface area (Å²) in [6.45, 7) is 0.924. The van der Waals surface area contributed by atoms with E-state index in [-0.39, 0.29) is 0 Å². The molecule has 0 spiro atoms. The molecule has 92 valence electrons. The van der Waals surface area contributed by atoms with Crippen LogP contribution in [0.2, 0.25) is 0 Å². The summed E-state index contributed by atoms with van der Waals surface area (Å²) in [6.07, 6.45) is 9.34. The molecule has 0 N–H and O–H groups in total. The normalized spacial score (nSPS) is 19.9. The zero-order valence-electron chi connectivity index (χ0n) is 10.4. The maximum atomic E-state index is 5.53. The molecule has 1 aromatic carbocycles. The van der Waals surface area contributed by atoms with E-state index in [4.69, 9.17) is 9.47 Å². The first-order valence-electron chi connectivity index (χ1n) is 6.29. The maximum Gasteiger partial charge on any atom is 0.118 e. The number of aryl methyl sites for hydroxylation is 1. The lowest BCUT2D eigenvalue weighted by Gasteiger charge is -2.03. The number of rotatable bonds is 5. The van der Waals surface area contributed by atoms with E-state index in [0.717, 1.165) is 25.2 Å². The Hall–Kier alpha value is -1.28. The van der Waals surface area contributed by atoms with Gasteiger partial charge in [0, 0.05) is 6.61 Å². The van der Waals surface area contributed by atoms with Gasteiger partial charge >= 0.3 is 0 Å². The fourth-order valence-corrected chi connectivity index (χ4v) is 2.04. The fraction of sp³-hybridized carbons (Fsp3) is 0.467. The molecule has 2 rings (SSSR count). The van der Waals surface area contributed by atoms with Crippen LogP contribution in [0.5, 0.6) is 5.75 Å². The van der Waals surface area contributed by atoms with E-state index in [1.165, 1.54) is 18.4 Å². The molecule has 1 aromatic rings. The lowest BCUT2D eigenvalue weighted by Crippen LogP contribution is -1.98. The van der Waals surface area contributed by atoms with Crippen LogP contribution in [-0.2, 0) is 11.2 Å². The summed E-state index contributed by atoms with van der Waals surface area (Å²) >= 11 is 0. The lowest BCUT2D eigenvalue weighted by atomic mass is 10.1. The zero-order valence-corrected chi connectivity index (χ0v) is 10.4. The third kappa shape index (κ3) is 3.90. The first-order chi connectivity index (χ1) is 8.38. The number of methoxy groups -OCH3 is 1. The SMILES string of the molecule is COc1ccc(CC/C=C/C2CCCO2)cc1. The van der Waals surface area contributed by atoms with Crippen LogP contribution in [-0.4, -0.2) is 19.8 Å². The van der Waals surface area contributed by atoms with Crippen molar-refractivity contribution in [3.8, 4) is 5.75 Å². The van der Waals surface area contributed by atoms with Crippen LogP contribution in [0.15, 0.2) is 36.4 Å². The fourth-order valence-electron chi connectivity index (χ4n) is 2.04. The second-order valence-corrected chi connectivity index (χ2v) is 4.37. The second-order valence-electron chi connectivity index (χ2n) is 4.37. The Morgan fingerprint density at radius 1 is 1.35 bits per heavy atom. The van der Waals surface area contributed by atoms with E-state index in [0.29, 0.717) is 6.10 Å². The van der Waals surface area contributed by atoms with Crippen molar-refractivity contribution in [1.82, 2.24) is 0 Å². The van der Waals surface area contributed by atoms with Crippen LogP contribution in [0.4, 0.5) is 0 Å². The molecule has 1 heterocycles. The van der Waals surface area contributed by atoms with Crippen molar-refractivity contribution in [3.05, 3.63) is 42.0 Å². The average molecular weight is 232 g/mol. The molecule has 2 heteroatoms. The molecule has 1 unspecified atom stereocenters. The highest BCUT2D eigenvalue weighted by atomic mass is 16.5.